The standard InChI is InChI=1S/C26H29Br.C18H23BO2.C8H8Br2/c1-20-17-25(18-21(2)26(20)27)24-16-10-15-23(19-24)14-7-4-3-6-11-22-12-8-5-9-13-22;20-19(21)18-14-8-13-17(15-18)12-5-2-1-4-9-16-10-6-3-7-11-16;1-5-3-7(9)4-6(2)8(5)10/h5,8-10,12-13,15-19H,3-4,6-7,11,14H2,1-2H3;3,6-8,10-11,13-15,20-21H,1-2,4-5,9,12H2;3-4H,1-2H3. The van der Waals surface area contributed by atoms with E-state index in [0.29, 0.717) is 5.46 Å². The van der Waals surface area contributed by atoms with E-state index in [2.05, 4.69) is 191 Å². The van der Waals surface area contributed by atoms with E-state index in [1.54, 1.807) is 6.07 Å². The Morgan fingerprint density at radius 1 is 0.379 bits per heavy atom. The van der Waals surface area contributed by atoms with Crippen molar-refractivity contribution in [3.8, 4) is 11.1 Å². The second kappa shape index (κ2) is 26.1. The van der Waals surface area contributed by atoms with Crippen LogP contribution in [-0.2, 0) is 25.7 Å². The van der Waals surface area contributed by atoms with Gasteiger partial charge in [-0.15, -0.1) is 0 Å². The Labute approximate surface area is 375 Å². The molecule has 0 aliphatic heterocycles. The molecule has 2 nitrogen and oxygen atoms in total. The van der Waals surface area contributed by atoms with E-state index < -0.39 is 7.12 Å². The van der Waals surface area contributed by atoms with Gasteiger partial charge in [0.05, 0.1) is 0 Å². The first-order valence-electron chi connectivity index (χ1n) is 20.8. The van der Waals surface area contributed by atoms with E-state index in [1.807, 2.05) is 12.1 Å². The lowest BCUT2D eigenvalue weighted by Gasteiger charge is -2.10. The number of hydrogen-bond donors (Lipinski definition) is 2. The van der Waals surface area contributed by atoms with Crippen LogP contribution >= 0.6 is 47.8 Å². The van der Waals surface area contributed by atoms with Crippen LogP contribution in [0.5, 0.6) is 0 Å². The number of hydrogen-bond acceptors (Lipinski definition) is 2. The molecule has 0 aromatic heterocycles. The minimum Gasteiger partial charge on any atom is -0.423 e. The molecule has 0 bridgehead atoms. The molecule has 0 aliphatic rings. The summed E-state index contributed by atoms with van der Waals surface area (Å²) < 4.78 is 3.57. The molecular weight excluding hydrogens is 907 g/mol. The van der Waals surface area contributed by atoms with Gasteiger partial charge in [0.15, 0.2) is 0 Å². The molecule has 0 heterocycles. The fourth-order valence-electron chi connectivity index (χ4n) is 7.13. The van der Waals surface area contributed by atoms with E-state index in [9.17, 15) is 0 Å². The van der Waals surface area contributed by atoms with Crippen molar-refractivity contribution in [3.63, 3.8) is 0 Å². The van der Waals surface area contributed by atoms with Gasteiger partial charge < -0.3 is 10.0 Å². The maximum Gasteiger partial charge on any atom is 0.488 e. The molecule has 304 valence electrons. The summed E-state index contributed by atoms with van der Waals surface area (Å²) in [5.41, 5.74) is 13.9. The molecule has 58 heavy (non-hydrogen) atoms. The second-order valence-corrected chi connectivity index (χ2v) is 17.9. The molecule has 0 aliphatic carbocycles. The fraction of sp³-hybridized carbons (Fsp3) is 0.308. The van der Waals surface area contributed by atoms with Gasteiger partial charge in [-0.1, -0.05) is 195 Å². The summed E-state index contributed by atoms with van der Waals surface area (Å²) in [7, 11) is -1.36. The number of benzene rings is 6. The van der Waals surface area contributed by atoms with Crippen molar-refractivity contribution in [2.24, 2.45) is 0 Å². The Kier molecular flexibility index (Phi) is 21.3. The highest BCUT2D eigenvalue weighted by molar-refractivity contribution is 9.11. The third-order valence-electron chi connectivity index (χ3n) is 10.4. The number of aryl methyl sites for hydroxylation is 8. The summed E-state index contributed by atoms with van der Waals surface area (Å²) in [6.45, 7) is 8.50. The molecule has 6 rings (SSSR count). The first-order valence-corrected chi connectivity index (χ1v) is 23.2. The van der Waals surface area contributed by atoms with Crippen LogP contribution in [-0.4, -0.2) is 17.2 Å². The number of unbranched alkanes of at least 4 members (excludes halogenated alkanes) is 6. The van der Waals surface area contributed by atoms with Gasteiger partial charge in [0.2, 0.25) is 0 Å². The molecular formula is C52H60BBr3O2. The van der Waals surface area contributed by atoms with Crippen LogP contribution in [0.3, 0.4) is 0 Å². The quantitative estimate of drug-likeness (QED) is 0.0749. The third kappa shape index (κ3) is 17.2. The number of rotatable bonds is 16. The Hall–Kier alpha value is -3.26. The summed E-state index contributed by atoms with van der Waals surface area (Å²) >= 11 is 10.6. The van der Waals surface area contributed by atoms with Crippen molar-refractivity contribution in [2.75, 3.05) is 0 Å². The van der Waals surface area contributed by atoms with Crippen LogP contribution in [0.1, 0.15) is 95.9 Å². The van der Waals surface area contributed by atoms with Gasteiger partial charge in [-0.05, 0) is 152 Å². The van der Waals surface area contributed by atoms with Crippen LogP contribution in [0, 0.1) is 27.7 Å². The highest BCUT2D eigenvalue weighted by Crippen LogP contribution is 2.29. The van der Waals surface area contributed by atoms with Gasteiger partial charge in [0.25, 0.3) is 0 Å². The predicted molar refractivity (Wildman–Crippen MR) is 261 cm³/mol. The third-order valence-corrected chi connectivity index (χ3v) is 13.4. The zero-order chi connectivity index (χ0) is 41.7. The van der Waals surface area contributed by atoms with E-state index >= 15 is 0 Å². The van der Waals surface area contributed by atoms with Crippen molar-refractivity contribution in [3.05, 3.63) is 191 Å². The van der Waals surface area contributed by atoms with Gasteiger partial charge in [0.1, 0.15) is 0 Å². The summed E-state index contributed by atoms with van der Waals surface area (Å²) in [5.74, 6) is 0. The molecule has 0 spiro atoms. The first kappa shape index (κ1) is 47.4. The Bertz CT molecular complexity index is 2050. The highest BCUT2D eigenvalue weighted by Gasteiger charge is 2.10. The normalized spacial score (nSPS) is 10.6. The topological polar surface area (TPSA) is 40.5 Å². The minimum absolute atomic E-state index is 0.580. The maximum atomic E-state index is 9.15. The smallest absolute Gasteiger partial charge is 0.423 e. The summed E-state index contributed by atoms with van der Waals surface area (Å²) in [5, 5.41) is 18.3. The van der Waals surface area contributed by atoms with Crippen LogP contribution in [0.4, 0.5) is 0 Å². The molecule has 0 unspecified atom stereocenters. The van der Waals surface area contributed by atoms with Crippen molar-refractivity contribution in [2.45, 2.75) is 105 Å². The molecule has 0 amide bonds. The lowest BCUT2D eigenvalue weighted by molar-refractivity contribution is 0.425. The van der Waals surface area contributed by atoms with Gasteiger partial charge in [-0.3, -0.25) is 0 Å². The molecule has 2 N–H and O–H groups in total. The molecule has 6 aromatic carbocycles. The SMILES string of the molecule is Cc1cc(-c2cccc(CCCCCCc3ccccc3)c2)cc(C)c1Br.Cc1cc(Br)cc(C)c1Br.OB(O)c1cccc(CCCCCCc2ccccc2)c1. The predicted octanol–water partition coefficient (Wildman–Crippen LogP) is 14.6. The zero-order valence-corrected chi connectivity index (χ0v) is 39.6. The van der Waals surface area contributed by atoms with Crippen molar-refractivity contribution >= 4 is 60.4 Å². The Balaban J connectivity index is 0.000000212. The van der Waals surface area contributed by atoms with Gasteiger partial charge in [-0.25, -0.2) is 0 Å². The van der Waals surface area contributed by atoms with Gasteiger partial charge in [0, 0.05) is 13.4 Å². The first-order chi connectivity index (χ1) is 28.0. The summed E-state index contributed by atoms with van der Waals surface area (Å²) in [6.07, 6.45) is 14.6. The lowest BCUT2D eigenvalue weighted by Crippen LogP contribution is -2.29. The van der Waals surface area contributed by atoms with E-state index in [4.69, 9.17) is 10.0 Å². The molecule has 0 radical (unpaired) electrons. The van der Waals surface area contributed by atoms with Crippen LogP contribution in [0.25, 0.3) is 11.1 Å². The van der Waals surface area contributed by atoms with Crippen molar-refractivity contribution in [1.82, 2.24) is 0 Å². The van der Waals surface area contributed by atoms with Gasteiger partial charge in [-0.2, -0.15) is 0 Å². The largest absolute Gasteiger partial charge is 0.488 e. The molecule has 0 saturated heterocycles. The summed E-state index contributed by atoms with van der Waals surface area (Å²) in [4.78, 5) is 0. The fourth-order valence-corrected chi connectivity index (χ4v) is 8.28. The molecule has 6 heteroatoms. The van der Waals surface area contributed by atoms with Crippen LogP contribution in [0.15, 0.2) is 147 Å². The molecule has 0 atom stereocenters. The van der Waals surface area contributed by atoms with Gasteiger partial charge >= 0.3 is 7.12 Å². The second-order valence-electron chi connectivity index (χ2n) is 15.4. The Morgan fingerprint density at radius 3 is 1.21 bits per heavy atom. The summed E-state index contributed by atoms with van der Waals surface area (Å²) in [6, 6.07) is 46.8. The average Bonchev–Trinajstić information content (AvgIpc) is 3.23. The van der Waals surface area contributed by atoms with Crippen LogP contribution in [0.2, 0.25) is 0 Å². The lowest BCUT2D eigenvalue weighted by atomic mass is 9.79. The van der Waals surface area contributed by atoms with Crippen molar-refractivity contribution < 1.29 is 10.0 Å². The molecule has 0 fully saturated rings. The number of halogens is 3. The minimum atomic E-state index is -1.36. The molecule has 6 aromatic rings. The van der Waals surface area contributed by atoms with Crippen LogP contribution < -0.4 is 5.46 Å². The zero-order valence-electron chi connectivity index (χ0n) is 34.8. The van der Waals surface area contributed by atoms with E-state index in [-0.39, 0.29) is 0 Å². The monoisotopic (exact) mass is 964 g/mol. The average molecular weight is 968 g/mol. The van der Waals surface area contributed by atoms with E-state index in [1.165, 1.54) is 122 Å². The molecule has 0 saturated carbocycles. The van der Waals surface area contributed by atoms with Crippen molar-refractivity contribution in [1.29, 1.82) is 0 Å². The maximum absolute atomic E-state index is 9.15. The van der Waals surface area contributed by atoms with E-state index in [0.717, 1.165) is 23.7 Å². The Morgan fingerprint density at radius 2 is 0.759 bits per heavy atom. The highest BCUT2D eigenvalue weighted by atomic mass is 79.9.